The minimum absolute atomic E-state index is 0.0823. The lowest BCUT2D eigenvalue weighted by Crippen LogP contribution is -2.56. The van der Waals surface area contributed by atoms with Crippen LogP contribution < -0.4 is 5.32 Å². The van der Waals surface area contributed by atoms with E-state index in [1.54, 1.807) is 0 Å². The van der Waals surface area contributed by atoms with Gasteiger partial charge in [0.05, 0.1) is 0 Å². The van der Waals surface area contributed by atoms with E-state index in [4.69, 9.17) is 10.2 Å². The highest BCUT2D eigenvalue weighted by Gasteiger charge is 2.36. The van der Waals surface area contributed by atoms with E-state index in [2.05, 4.69) is 5.32 Å². The molecule has 21 heavy (non-hydrogen) atoms. The second-order valence-electron chi connectivity index (χ2n) is 4.53. The van der Waals surface area contributed by atoms with Crippen molar-refractivity contribution in [3.8, 4) is 0 Å². The summed E-state index contributed by atoms with van der Waals surface area (Å²) in [5, 5.41) is 19.1. The maximum absolute atomic E-state index is 12.2. The van der Waals surface area contributed by atoms with Gasteiger partial charge < -0.3 is 20.4 Å². The molecule has 2 unspecified atom stereocenters. The molecular formula is C11H20N2O6S2. The predicted molar refractivity (Wildman–Crippen MR) is 78.9 cm³/mol. The van der Waals surface area contributed by atoms with Gasteiger partial charge in [0.15, 0.2) is 9.84 Å². The number of rotatable bonds is 6. The largest absolute Gasteiger partial charge is 0.480 e. The molecule has 0 aromatic carbocycles. The summed E-state index contributed by atoms with van der Waals surface area (Å²) in [5.74, 6) is -0.470. The van der Waals surface area contributed by atoms with E-state index < -0.39 is 33.3 Å². The molecule has 0 aromatic heterocycles. The Kier molecular flexibility index (Phi) is 6.75. The summed E-state index contributed by atoms with van der Waals surface area (Å²) in [6, 6.07) is -1.96. The van der Waals surface area contributed by atoms with Crippen molar-refractivity contribution in [1.29, 1.82) is 0 Å². The number of carbonyl (C=O) groups excluding carboxylic acids is 1. The van der Waals surface area contributed by atoms with Gasteiger partial charge in [0.1, 0.15) is 11.4 Å². The van der Waals surface area contributed by atoms with Crippen LogP contribution in [0.3, 0.4) is 0 Å². The lowest BCUT2D eigenvalue weighted by molar-refractivity contribution is -0.139. The minimum atomic E-state index is -3.44. The lowest BCUT2D eigenvalue weighted by Gasteiger charge is -2.35. The van der Waals surface area contributed by atoms with Gasteiger partial charge >= 0.3 is 12.0 Å². The van der Waals surface area contributed by atoms with E-state index in [1.807, 2.05) is 0 Å². The number of nitrogens with one attached hydrogen (secondary N) is 1. The Balaban J connectivity index is 2.84. The number of nitrogens with zero attached hydrogens (tertiary/aromatic N) is 1. The van der Waals surface area contributed by atoms with Gasteiger partial charge in [-0.15, -0.1) is 0 Å². The van der Waals surface area contributed by atoms with Crippen LogP contribution in [-0.4, -0.2) is 77.4 Å². The van der Waals surface area contributed by atoms with Crippen molar-refractivity contribution in [2.75, 3.05) is 30.4 Å². The first-order chi connectivity index (χ1) is 9.83. The number of carboxylic acid groups (broad SMARTS) is 1. The molecule has 0 saturated carbocycles. The number of hydrogen-bond donors (Lipinski definition) is 3. The zero-order valence-electron chi connectivity index (χ0n) is 11.7. The van der Waals surface area contributed by atoms with Crippen molar-refractivity contribution in [1.82, 2.24) is 10.2 Å². The maximum atomic E-state index is 12.2. The predicted octanol–water partition coefficient (Wildman–Crippen LogP) is -0.659. The fourth-order valence-electron chi connectivity index (χ4n) is 1.92. The summed E-state index contributed by atoms with van der Waals surface area (Å²) in [6.07, 6.45) is -0.130. The van der Waals surface area contributed by atoms with Crippen LogP contribution in [0.4, 0.5) is 4.79 Å². The van der Waals surface area contributed by atoms with Crippen molar-refractivity contribution in [2.45, 2.75) is 24.8 Å². The molecule has 1 aliphatic heterocycles. The van der Waals surface area contributed by atoms with Crippen LogP contribution in [-0.2, 0) is 14.6 Å². The number of aliphatic carboxylic acids is 1. The van der Waals surface area contributed by atoms with Crippen molar-refractivity contribution >= 4 is 33.6 Å². The molecule has 1 saturated heterocycles. The number of carboxylic acids is 1. The molecule has 10 heteroatoms. The topological polar surface area (TPSA) is 124 Å². The van der Waals surface area contributed by atoms with Crippen molar-refractivity contribution in [2.24, 2.45) is 0 Å². The molecule has 2 atom stereocenters. The van der Waals surface area contributed by atoms with Crippen LogP contribution in [0.25, 0.3) is 0 Å². The summed E-state index contributed by atoms with van der Waals surface area (Å²) < 4.78 is 24.0. The van der Waals surface area contributed by atoms with Gasteiger partial charge in [-0.1, -0.05) is 6.92 Å². The average Bonchev–Trinajstić information content (AvgIpc) is 2.46. The fourth-order valence-corrected chi connectivity index (χ4v) is 4.89. The van der Waals surface area contributed by atoms with Crippen LogP contribution in [0.1, 0.15) is 13.3 Å². The van der Waals surface area contributed by atoms with E-state index in [-0.39, 0.29) is 31.1 Å². The Hall–Kier alpha value is -1.00. The summed E-state index contributed by atoms with van der Waals surface area (Å²) in [7, 11) is -3.44. The van der Waals surface area contributed by atoms with Gasteiger partial charge in [0.25, 0.3) is 0 Å². The van der Waals surface area contributed by atoms with Gasteiger partial charge in [-0.05, 0) is 0 Å². The molecule has 1 fully saturated rings. The molecule has 0 bridgehead atoms. The van der Waals surface area contributed by atoms with Crippen LogP contribution >= 0.6 is 11.8 Å². The lowest BCUT2D eigenvalue weighted by atomic mass is 10.2. The Morgan fingerprint density at radius 3 is 2.67 bits per heavy atom. The normalized spacial score (nSPS) is 20.9. The van der Waals surface area contributed by atoms with Crippen LogP contribution in [0, 0.1) is 0 Å². The standard InChI is InChI=1S/C11H20N2O6S2/c1-2-21(18,19)9-7-20-6-4-13(9)11(17)12-8(3-5-14)10(15)16/h8-9,14H,2-7H2,1H3,(H,12,17)(H,15,16). The molecule has 0 spiro atoms. The van der Waals surface area contributed by atoms with Gasteiger partial charge in [0, 0.05) is 36.8 Å². The molecule has 1 rings (SSSR count). The number of aliphatic hydroxyl groups is 1. The Labute approximate surface area is 127 Å². The number of hydrogen-bond acceptors (Lipinski definition) is 6. The second-order valence-corrected chi connectivity index (χ2v) is 8.12. The third-order valence-corrected chi connectivity index (χ3v) is 6.46. The third kappa shape index (κ3) is 4.75. The van der Waals surface area contributed by atoms with Crippen molar-refractivity contribution in [3.63, 3.8) is 0 Å². The minimum Gasteiger partial charge on any atom is -0.480 e. The van der Waals surface area contributed by atoms with Gasteiger partial charge in [-0.2, -0.15) is 11.8 Å². The van der Waals surface area contributed by atoms with Gasteiger partial charge in [-0.3, -0.25) is 0 Å². The van der Waals surface area contributed by atoms with Crippen LogP contribution in [0.5, 0.6) is 0 Å². The number of aliphatic hydroxyl groups excluding tert-OH is 1. The molecular weight excluding hydrogens is 320 g/mol. The van der Waals surface area contributed by atoms with E-state index in [1.165, 1.54) is 23.6 Å². The van der Waals surface area contributed by atoms with Crippen LogP contribution in [0.15, 0.2) is 0 Å². The zero-order chi connectivity index (χ0) is 16.0. The first kappa shape index (κ1) is 18.1. The molecule has 1 aliphatic rings. The van der Waals surface area contributed by atoms with E-state index in [0.29, 0.717) is 5.75 Å². The first-order valence-electron chi connectivity index (χ1n) is 6.53. The Bertz CT molecular complexity index is 481. The molecule has 122 valence electrons. The zero-order valence-corrected chi connectivity index (χ0v) is 13.3. The first-order valence-corrected chi connectivity index (χ1v) is 9.40. The van der Waals surface area contributed by atoms with E-state index >= 15 is 0 Å². The van der Waals surface area contributed by atoms with Crippen molar-refractivity contribution < 1.29 is 28.2 Å². The summed E-state index contributed by atoms with van der Waals surface area (Å²) in [4.78, 5) is 24.3. The highest BCUT2D eigenvalue weighted by atomic mass is 32.2. The monoisotopic (exact) mass is 340 g/mol. The fraction of sp³-hybridized carbons (Fsp3) is 0.818. The van der Waals surface area contributed by atoms with Crippen molar-refractivity contribution in [3.05, 3.63) is 0 Å². The third-order valence-electron chi connectivity index (χ3n) is 3.18. The Morgan fingerprint density at radius 1 is 1.48 bits per heavy atom. The number of thioether (sulfide) groups is 1. The smallest absolute Gasteiger partial charge is 0.326 e. The molecule has 0 aromatic rings. The van der Waals surface area contributed by atoms with E-state index in [0.717, 1.165) is 0 Å². The summed E-state index contributed by atoms with van der Waals surface area (Å²) in [6.45, 7) is 1.37. The molecule has 0 radical (unpaired) electrons. The Morgan fingerprint density at radius 2 is 2.14 bits per heavy atom. The number of amides is 2. The second kappa shape index (κ2) is 7.85. The molecule has 2 amide bonds. The average molecular weight is 340 g/mol. The number of urea groups is 1. The van der Waals surface area contributed by atoms with Gasteiger partial charge in [-0.25, -0.2) is 18.0 Å². The summed E-state index contributed by atoms with van der Waals surface area (Å²) in [5.41, 5.74) is 0. The molecule has 0 aliphatic carbocycles. The molecule has 1 heterocycles. The van der Waals surface area contributed by atoms with Crippen LogP contribution in [0.2, 0.25) is 0 Å². The highest BCUT2D eigenvalue weighted by molar-refractivity contribution is 8.01. The van der Waals surface area contributed by atoms with Gasteiger partial charge in [0.2, 0.25) is 0 Å². The quantitative estimate of drug-likeness (QED) is 0.586. The number of carbonyl (C=O) groups is 2. The molecule has 8 nitrogen and oxygen atoms in total. The number of sulfone groups is 1. The van der Waals surface area contributed by atoms with E-state index in [9.17, 15) is 18.0 Å². The molecule has 3 N–H and O–H groups in total. The summed E-state index contributed by atoms with van der Waals surface area (Å²) >= 11 is 1.44. The highest BCUT2D eigenvalue weighted by Crippen LogP contribution is 2.21. The SMILES string of the molecule is CCS(=O)(=O)C1CSCCN1C(=O)NC(CCO)C(=O)O. The maximum Gasteiger partial charge on any atom is 0.326 e.